The lowest BCUT2D eigenvalue weighted by molar-refractivity contribution is -0.140. The molecular formula is C31H39F3N6O6S. The molecule has 1 aliphatic heterocycles. The summed E-state index contributed by atoms with van der Waals surface area (Å²) >= 11 is 0. The van der Waals surface area contributed by atoms with Gasteiger partial charge >= 0.3 is 18.2 Å². The molecule has 16 heteroatoms. The van der Waals surface area contributed by atoms with Gasteiger partial charge in [0.1, 0.15) is 17.8 Å². The van der Waals surface area contributed by atoms with E-state index in [0.29, 0.717) is 11.1 Å². The highest BCUT2D eigenvalue weighted by Gasteiger charge is 2.32. The summed E-state index contributed by atoms with van der Waals surface area (Å²) in [4.78, 5) is 34.5. The number of alkyl halides is 3. The molecule has 0 atom stereocenters. The number of fused-ring (bicyclic) bond motifs is 1. The fraction of sp³-hybridized carbons (Fsp3) is 0.452. The van der Waals surface area contributed by atoms with Crippen LogP contribution in [0.5, 0.6) is 0 Å². The maximum atomic E-state index is 13.7. The van der Waals surface area contributed by atoms with Gasteiger partial charge in [-0.2, -0.15) is 13.2 Å². The van der Waals surface area contributed by atoms with Crippen molar-refractivity contribution in [3.05, 3.63) is 54.2 Å². The summed E-state index contributed by atoms with van der Waals surface area (Å²) in [5.74, 6) is -1.58. The second-order valence-electron chi connectivity index (χ2n) is 12.5. The van der Waals surface area contributed by atoms with Gasteiger partial charge in [-0.05, 0) is 96.2 Å². The molecule has 256 valence electrons. The fourth-order valence-electron chi connectivity index (χ4n) is 5.09. The van der Waals surface area contributed by atoms with Crippen molar-refractivity contribution in [2.24, 2.45) is 10.9 Å². The van der Waals surface area contributed by atoms with Gasteiger partial charge in [-0.25, -0.2) is 18.0 Å². The fourth-order valence-corrected chi connectivity index (χ4v) is 5.72. The summed E-state index contributed by atoms with van der Waals surface area (Å²) in [5, 5.41) is 7.44. The molecule has 0 saturated carbocycles. The van der Waals surface area contributed by atoms with Gasteiger partial charge in [-0.3, -0.25) is 4.90 Å². The first kappa shape index (κ1) is 35.5. The number of oxime groups is 1. The molecular weight excluding hydrogens is 641 g/mol. The zero-order chi connectivity index (χ0) is 34.7. The van der Waals surface area contributed by atoms with Crippen LogP contribution >= 0.6 is 0 Å². The quantitative estimate of drug-likeness (QED) is 0.138. The van der Waals surface area contributed by atoms with Crippen molar-refractivity contribution < 1.29 is 40.8 Å². The largest absolute Gasteiger partial charge is 0.443 e. The smallest absolute Gasteiger partial charge is 0.415 e. The normalized spacial score (nSPS) is 15.4. The first-order valence-electron chi connectivity index (χ1n) is 14.8. The van der Waals surface area contributed by atoms with Gasteiger partial charge in [-0.15, -0.1) is 0 Å². The van der Waals surface area contributed by atoms with E-state index in [4.69, 9.17) is 15.3 Å². The van der Waals surface area contributed by atoms with Crippen LogP contribution in [0.4, 0.5) is 29.3 Å². The number of nitrogens with zero attached hydrogens (tertiary/aromatic N) is 4. The Kier molecular flexibility index (Phi) is 10.4. The van der Waals surface area contributed by atoms with Crippen LogP contribution < -0.4 is 16.0 Å². The molecule has 0 radical (unpaired) electrons. The number of likely N-dealkylation sites (tertiary alicyclic amines) is 1. The van der Waals surface area contributed by atoms with E-state index in [9.17, 15) is 31.2 Å². The average Bonchev–Trinajstić information content (AvgIpc) is 3.32. The monoisotopic (exact) mass is 680 g/mol. The number of nitrogens with two attached hydrogens (primary N) is 1. The number of benzene rings is 2. The van der Waals surface area contributed by atoms with Crippen molar-refractivity contribution in [3.63, 3.8) is 0 Å². The summed E-state index contributed by atoms with van der Waals surface area (Å²) < 4.78 is 71.1. The number of ether oxygens (including phenoxy) is 1. The number of carbonyl (C=O) groups is 2. The van der Waals surface area contributed by atoms with Crippen LogP contribution in [0.15, 0.2) is 58.6 Å². The van der Waals surface area contributed by atoms with Gasteiger partial charge < -0.3 is 30.1 Å². The third-order valence-corrected chi connectivity index (χ3v) is 8.46. The van der Waals surface area contributed by atoms with Crippen molar-refractivity contribution in [1.82, 2.24) is 9.47 Å². The first-order valence-corrected chi connectivity index (χ1v) is 16.7. The maximum Gasteiger partial charge on any atom is 0.415 e. The molecule has 1 amide bonds. The Bertz CT molecular complexity index is 1740. The Hall–Kier alpha value is -4.31. The highest BCUT2D eigenvalue weighted by Crippen LogP contribution is 2.32. The van der Waals surface area contributed by atoms with Gasteiger partial charge in [0.05, 0.1) is 17.0 Å². The van der Waals surface area contributed by atoms with Crippen molar-refractivity contribution in [3.8, 4) is 0 Å². The number of nitrogens with one attached hydrogen (secondary N) is 1. The van der Waals surface area contributed by atoms with Crippen molar-refractivity contribution in [2.45, 2.75) is 62.9 Å². The summed E-state index contributed by atoms with van der Waals surface area (Å²) in [6.45, 7) is 4.76. The number of amidine groups is 1. The minimum Gasteiger partial charge on any atom is -0.443 e. The number of anilines is 2. The van der Waals surface area contributed by atoms with E-state index in [1.54, 1.807) is 32.9 Å². The van der Waals surface area contributed by atoms with E-state index in [0.717, 1.165) is 41.7 Å². The molecule has 0 bridgehead atoms. The minimum atomic E-state index is -4.65. The molecule has 47 heavy (non-hydrogen) atoms. The van der Waals surface area contributed by atoms with Crippen molar-refractivity contribution in [2.75, 3.05) is 43.2 Å². The second kappa shape index (κ2) is 13.8. The number of amides is 1. The van der Waals surface area contributed by atoms with Gasteiger partial charge in [0.15, 0.2) is 15.7 Å². The second-order valence-corrected chi connectivity index (χ2v) is 14.5. The minimum absolute atomic E-state index is 0.0138. The van der Waals surface area contributed by atoms with Crippen molar-refractivity contribution >= 4 is 50.0 Å². The maximum absolute atomic E-state index is 13.7. The van der Waals surface area contributed by atoms with E-state index in [-0.39, 0.29) is 28.0 Å². The van der Waals surface area contributed by atoms with E-state index < -0.39 is 52.5 Å². The summed E-state index contributed by atoms with van der Waals surface area (Å²) in [6.07, 6.45) is -2.78. The van der Waals surface area contributed by atoms with E-state index in [1.165, 1.54) is 36.4 Å². The number of sulfone groups is 1. The van der Waals surface area contributed by atoms with Crippen LogP contribution in [0.2, 0.25) is 0 Å². The lowest BCUT2D eigenvalue weighted by Gasteiger charge is -2.30. The highest BCUT2D eigenvalue weighted by atomic mass is 32.2. The van der Waals surface area contributed by atoms with Gasteiger partial charge in [-0.1, -0.05) is 11.2 Å². The molecule has 1 aromatic heterocycles. The zero-order valence-electron chi connectivity index (χ0n) is 26.8. The molecule has 12 nitrogen and oxygen atoms in total. The lowest BCUT2D eigenvalue weighted by atomic mass is 10.0. The Morgan fingerprint density at radius 3 is 2.30 bits per heavy atom. The molecule has 1 fully saturated rings. The molecule has 0 aliphatic carbocycles. The first-order chi connectivity index (χ1) is 21.8. The molecule has 2 heterocycles. The third-order valence-electron chi connectivity index (χ3n) is 7.33. The zero-order valence-corrected chi connectivity index (χ0v) is 27.6. The number of hydrogen-bond donors (Lipinski definition) is 2. The summed E-state index contributed by atoms with van der Waals surface area (Å²) in [5.41, 5.74) is 5.68. The third kappa shape index (κ3) is 9.60. The highest BCUT2D eigenvalue weighted by molar-refractivity contribution is 7.90. The topological polar surface area (TPSA) is 149 Å². The molecule has 0 unspecified atom stereocenters. The predicted molar refractivity (Wildman–Crippen MR) is 172 cm³/mol. The van der Waals surface area contributed by atoms with E-state index in [1.807, 2.05) is 7.05 Å². The number of carbonyl (C=O) groups excluding carboxylic acids is 2. The van der Waals surface area contributed by atoms with Crippen LogP contribution in [0.25, 0.3) is 10.9 Å². The molecule has 3 aromatic rings. The number of aromatic nitrogens is 1. The van der Waals surface area contributed by atoms with E-state index in [2.05, 4.69) is 15.4 Å². The molecule has 1 saturated heterocycles. The number of rotatable bonds is 9. The molecule has 1 aliphatic rings. The Morgan fingerprint density at radius 1 is 1.09 bits per heavy atom. The summed E-state index contributed by atoms with van der Waals surface area (Å²) in [6, 6.07) is 11.6. The van der Waals surface area contributed by atoms with Crippen LogP contribution in [0.3, 0.4) is 0 Å². The SMILES string of the molecule is CN1CCC(Nc2cccc3c2cc(C(=O)O/N=C(\N)CN(C(=O)OC(C)(C)C)c2ccc(S(C)(=O)=O)cc2)n3CC(F)(F)F)CC1. The molecule has 4 rings (SSSR count). The Morgan fingerprint density at radius 2 is 1.72 bits per heavy atom. The van der Waals surface area contributed by atoms with E-state index >= 15 is 0 Å². The van der Waals surface area contributed by atoms with Crippen LogP contribution in [0, 0.1) is 0 Å². The van der Waals surface area contributed by atoms with Crippen LogP contribution in [-0.2, 0) is 26.0 Å². The van der Waals surface area contributed by atoms with Gasteiger partial charge in [0.2, 0.25) is 0 Å². The number of halogens is 3. The molecule has 2 aromatic carbocycles. The Balaban J connectivity index is 1.61. The number of piperidine rings is 1. The van der Waals surface area contributed by atoms with Crippen LogP contribution in [0.1, 0.15) is 44.1 Å². The van der Waals surface area contributed by atoms with Crippen LogP contribution in [-0.4, -0.2) is 86.5 Å². The van der Waals surface area contributed by atoms with Gasteiger partial charge in [0, 0.05) is 29.1 Å². The molecule has 0 spiro atoms. The predicted octanol–water partition coefficient (Wildman–Crippen LogP) is 4.98. The summed E-state index contributed by atoms with van der Waals surface area (Å²) in [7, 11) is -1.50. The molecule has 3 N–H and O–H groups in total. The van der Waals surface area contributed by atoms with Crippen molar-refractivity contribution in [1.29, 1.82) is 0 Å². The average molecular weight is 681 g/mol. The van der Waals surface area contributed by atoms with Gasteiger partial charge in [0.25, 0.3) is 0 Å². The standard InChI is InChI=1S/C31H39F3N6O6S/c1-30(2,3)45-29(42)39(21-9-11-22(12-10-21)47(5,43)44)18-27(35)37-46-28(41)26-17-23-24(36-20-13-15-38(4)16-14-20)7-6-8-25(23)40(26)19-31(32,33)34/h6-12,17,20,36H,13-16,18-19H2,1-5H3,(H2,35,37). The Labute approximate surface area is 271 Å². The number of hydrogen-bond acceptors (Lipinski definition) is 9. The lowest BCUT2D eigenvalue weighted by Crippen LogP contribution is -2.42.